The van der Waals surface area contributed by atoms with Crippen LogP contribution in [0.25, 0.3) is 6.08 Å². The molecule has 2 aromatic rings. The molecule has 0 N–H and O–H groups in total. The molecule has 0 saturated carbocycles. The second-order valence-electron chi connectivity index (χ2n) is 11.4. The van der Waals surface area contributed by atoms with Crippen LogP contribution in [0.5, 0.6) is 17.2 Å². The first-order chi connectivity index (χ1) is 17.1. The van der Waals surface area contributed by atoms with E-state index < -0.39 is 10.8 Å². The summed E-state index contributed by atoms with van der Waals surface area (Å²) in [6.45, 7) is 16.6. The molecule has 2 rings (SSSR count). The summed E-state index contributed by atoms with van der Waals surface area (Å²) in [6.07, 6.45) is 4.64. The van der Waals surface area contributed by atoms with Crippen LogP contribution < -0.4 is 14.2 Å². The summed E-state index contributed by atoms with van der Waals surface area (Å²) in [6, 6.07) is 10.1. The Morgan fingerprint density at radius 1 is 0.838 bits per heavy atom. The molecule has 0 aromatic heterocycles. The Bertz CT molecular complexity index is 1140. The van der Waals surface area contributed by atoms with Gasteiger partial charge in [0.15, 0.2) is 5.78 Å². The topological polar surface area (TPSA) is 78.9 Å². The average molecular weight is 509 g/mol. The van der Waals surface area contributed by atoms with Gasteiger partial charge in [-0.15, -0.1) is 0 Å². The SMILES string of the molecule is CCCc1cc(/C=C/C(=O)c2ccc(OC(=O)C(C)(C)C)cc2)c(OC(C)C)cc1OC(=O)C(C)(C)C. The minimum absolute atomic E-state index is 0.116. The van der Waals surface area contributed by atoms with Gasteiger partial charge in [0.25, 0.3) is 0 Å². The Morgan fingerprint density at radius 2 is 1.41 bits per heavy atom. The number of carbonyl (C=O) groups excluding carboxylic acids is 3. The van der Waals surface area contributed by atoms with Gasteiger partial charge in [-0.2, -0.15) is 0 Å². The largest absolute Gasteiger partial charge is 0.490 e. The number of aryl methyl sites for hydroxylation is 1. The van der Waals surface area contributed by atoms with Crippen molar-refractivity contribution in [3.8, 4) is 17.2 Å². The molecular weight excluding hydrogens is 468 g/mol. The van der Waals surface area contributed by atoms with Crippen LogP contribution in [0.2, 0.25) is 0 Å². The predicted octanol–water partition coefficient (Wildman–Crippen LogP) is 7.23. The quantitative estimate of drug-likeness (QED) is 0.154. The summed E-state index contributed by atoms with van der Waals surface area (Å²) in [5.74, 6) is 0.516. The van der Waals surface area contributed by atoms with Crippen molar-refractivity contribution in [3.05, 3.63) is 59.2 Å². The fraction of sp³-hybridized carbons (Fsp3) is 0.452. The van der Waals surface area contributed by atoms with Gasteiger partial charge in [-0.3, -0.25) is 14.4 Å². The summed E-state index contributed by atoms with van der Waals surface area (Å²) < 4.78 is 17.1. The Hall–Kier alpha value is -3.41. The molecule has 0 aliphatic carbocycles. The van der Waals surface area contributed by atoms with E-state index >= 15 is 0 Å². The minimum atomic E-state index is -0.645. The Morgan fingerprint density at radius 3 is 1.92 bits per heavy atom. The molecule has 200 valence electrons. The van der Waals surface area contributed by atoms with Crippen molar-refractivity contribution in [2.24, 2.45) is 10.8 Å². The second-order valence-corrected chi connectivity index (χ2v) is 11.4. The van der Waals surface area contributed by atoms with E-state index in [1.54, 1.807) is 57.2 Å². The number of benzene rings is 2. The lowest BCUT2D eigenvalue weighted by Crippen LogP contribution is -2.26. The van der Waals surface area contributed by atoms with E-state index in [1.807, 2.05) is 40.7 Å². The highest BCUT2D eigenvalue weighted by Crippen LogP contribution is 2.33. The highest BCUT2D eigenvalue weighted by Gasteiger charge is 2.26. The average Bonchev–Trinajstić information content (AvgIpc) is 2.78. The monoisotopic (exact) mass is 508 g/mol. The van der Waals surface area contributed by atoms with Crippen molar-refractivity contribution in [1.82, 2.24) is 0 Å². The first kappa shape index (κ1) is 29.8. The van der Waals surface area contributed by atoms with Gasteiger partial charge < -0.3 is 14.2 Å². The van der Waals surface area contributed by atoms with E-state index in [2.05, 4.69) is 6.92 Å². The number of esters is 2. The van der Waals surface area contributed by atoms with Gasteiger partial charge in [-0.25, -0.2) is 0 Å². The molecule has 6 nitrogen and oxygen atoms in total. The van der Waals surface area contributed by atoms with Crippen molar-refractivity contribution < 1.29 is 28.6 Å². The number of ketones is 1. The van der Waals surface area contributed by atoms with Crippen LogP contribution in [0, 0.1) is 10.8 Å². The van der Waals surface area contributed by atoms with Crippen molar-refractivity contribution in [2.45, 2.75) is 81.3 Å². The van der Waals surface area contributed by atoms with Crippen molar-refractivity contribution >= 4 is 23.8 Å². The molecule has 0 aliphatic heterocycles. The highest BCUT2D eigenvalue weighted by molar-refractivity contribution is 6.07. The second kappa shape index (κ2) is 12.2. The number of hydrogen-bond donors (Lipinski definition) is 0. The number of allylic oxidation sites excluding steroid dienone is 1. The van der Waals surface area contributed by atoms with E-state index in [-0.39, 0.29) is 23.8 Å². The first-order valence-electron chi connectivity index (χ1n) is 12.7. The molecule has 2 aromatic carbocycles. The zero-order chi connectivity index (χ0) is 28.0. The Balaban J connectivity index is 2.34. The highest BCUT2D eigenvalue weighted by atomic mass is 16.5. The van der Waals surface area contributed by atoms with Crippen LogP contribution in [-0.2, 0) is 16.0 Å². The molecule has 6 heteroatoms. The number of rotatable bonds is 9. The van der Waals surface area contributed by atoms with Gasteiger partial charge in [0, 0.05) is 17.2 Å². The first-order valence-corrected chi connectivity index (χ1v) is 12.7. The van der Waals surface area contributed by atoms with Crippen molar-refractivity contribution in [2.75, 3.05) is 0 Å². The zero-order valence-corrected chi connectivity index (χ0v) is 23.6. The van der Waals surface area contributed by atoms with E-state index in [0.717, 1.165) is 17.5 Å². The third-order valence-corrected chi connectivity index (χ3v) is 5.27. The van der Waals surface area contributed by atoms with Gasteiger partial charge in [-0.05, 0) is 110 Å². The zero-order valence-electron chi connectivity index (χ0n) is 23.6. The van der Waals surface area contributed by atoms with Crippen molar-refractivity contribution in [1.29, 1.82) is 0 Å². The van der Waals surface area contributed by atoms with Crippen LogP contribution in [-0.4, -0.2) is 23.8 Å². The Kier molecular flexibility index (Phi) is 9.85. The minimum Gasteiger partial charge on any atom is -0.490 e. The van der Waals surface area contributed by atoms with Crippen molar-refractivity contribution in [3.63, 3.8) is 0 Å². The lowest BCUT2D eigenvalue weighted by molar-refractivity contribution is -0.143. The van der Waals surface area contributed by atoms with Gasteiger partial charge in [0.2, 0.25) is 0 Å². The molecule has 0 bridgehead atoms. The maximum absolute atomic E-state index is 12.9. The van der Waals surface area contributed by atoms with Crippen LogP contribution >= 0.6 is 0 Å². The number of carbonyl (C=O) groups is 3. The van der Waals surface area contributed by atoms with Crippen LogP contribution in [0.1, 0.15) is 90.2 Å². The van der Waals surface area contributed by atoms with Gasteiger partial charge >= 0.3 is 11.9 Å². The molecule has 0 saturated heterocycles. The van der Waals surface area contributed by atoms with E-state index in [0.29, 0.717) is 29.2 Å². The molecule has 0 amide bonds. The summed E-state index contributed by atoms with van der Waals surface area (Å²) >= 11 is 0. The molecule has 0 radical (unpaired) electrons. The summed E-state index contributed by atoms with van der Waals surface area (Å²) in [5.41, 5.74) is 0.783. The van der Waals surface area contributed by atoms with Crippen LogP contribution in [0.3, 0.4) is 0 Å². The van der Waals surface area contributed by atoms with Crippen LogP contribution in [0.15, 0.2) is 42.5 Å². The summed E-state index contributed by atoms with van der Waals surface area (Å²) in [4.78, 5) is 37.5. The third-order valence-electron chi connectivity index (χ3n) is 5.27. The van der Waals surface area contributed by atoms with E-state index in [1.165, 1.54) is 6.08 Å². The van der Waals surface area contributed by atoms with E-state index in [4.69, 9.17) is 14.2 Å². The Labute approximate surface area is 221 Å². The molecule has 0 unspecified atom stereocenters. The number of ether oxygens (including phenoxy) is 3. The lowest BCUT2D eigenvalue weighted by Gasteiger charge is -2.20. The number of hydrogen-bond acceptors (Lipinski definition) is 6. The smallest absolute Gasteiger partial charge is 0.316 e. The molecule has 0 aliphatic rings. The summed E-state index contributed by atoms with van der Waals surface area (Å²) in [7, 11) is 0. The predicted molar refractivity (Wildman–Crippen MR) is 146 cm³/mol. The normalized spacial score (nSPS) is 12.1. The lowest BCUT2D eigenvalue weighted by atomic mass is 9.97. The fourth-order valence-corrected chi connectivity index (χ4v) is 3.13. The third kappa shape index (κ3) is 8.88. The van der Waals surface area contributed by atoms with Gasteiger partial charge in [0.1, 0.15) is 17.2 Å². The molecule has 0 fully saturated rings. The molecule has 0 spiro atoms. The molecule has 37 heavy (non-hydrogen) atoms. The van der Waals surface area contributed by atoms with Crippen LogP contribution in [0.4, 0.5) is 0 Å². The standard InChI is InChI=1S/C31H40O6/c1-10-11-22-18-23(26(35-20(2)3)19-27(22)37-29(34)31(7,8)9)14-17-25(32)21-12-15-24(16-13-21)36-28(33)30(4,5)6/h12-20H,10-11H2,1-9H3/b17-14+. The van der Waals surface area contributed by atoms with E-state index in [9.17, 15) is 14.4 Å². The summed E-state index contributed by atoms with van der Waals surface area (Å²) in [5, 5.41) is 0. The maximum atomic E-state index is 12.9. The molecule has 0 heterocycles. The molecule has 0 atom stereocenters. The maximum Gasteiger partial charge on any atom is 0.316 e. The molecular formula is C31H40O6. The van der Waals surface area contributed by atoms with Gasteiger partial charge in [0.05, 0.1) is 16.9 Å². The fourth-order valence-electron chi connectivity index (χ4n) is 3.13. The van der Waals surface area contributed by atoms with Gasteiger partial charge in [-0.1, -0.05) is 13.3 Å².